The smallest absolute Gasteiger partial charge is 0.182 e. The Morgan fingerprint density at radius 3 is 2.62 bits per heavy atom. The van der Waals surface area contributed by atoms with E-state index in [9.17, 15) is 5.11 Å². The number of nitrogens with zero attached hydrogens (tertiary/aromatic N) is 4. The quantitative estimate of drug-likeness (QED) is 0.515. The number of pyridine rings is 1. The van der Waals surface area contributed by atoms with E-state index in [1.54, 1.807) is 12.1 Å². The standard InChI is InChI=1S/C19H16N4O/c1-12-9-10-23-18(11-12)20-13(2)19(23)22-21-16-7-3-6-15-14(16)5-4-8-17(15)24/h3-11,24H,1-2H3. The molecule has 0 spiro atoms. The highest BCUT2D eigenvalue weighted by Crippen LogP contribution is 2.33. The van der Waals surface area contributed by atoms with Gasteiger partial charge in [-0.2, -0.15) is 0 Å². The lowest BCUT2D eigenvalue weighted by Crippen LogP contribution is -1.84. The van der Waals surface area contributed by atoms with E-state index in [1.807, 2.05) is 60.8 Å². The number of aromatic hydroxyl groups is 1. The summed E-state index contributed by atoms with van der Waals surface area (Å²) in [6.45, 7) is 3.96. The summed E-state index contributed by atoms with van der Waals surface area (Å²) in [4.78, 5) is 4.53. The first-order valence-corrected chi connectivity index (χ1v) is 7.71. The molecule has 0 amide bonds. The predicted molar refractivity (Wildman–Crippen MR) is 94.5 cm³/mol. The van der Waals surface area contributed by atoms with E-state index in [0.717, 1.165) is 27.7 Å². The molecule has 0 saturated heterocycles. The number of hydrogen-bond acceptors (Lipinski definition) is 4. The second kappa shape index (κ2) is 5.45. The van der Waals surface area contributed by atoms with Gasteiger partial charge >= 0.3 is 0 Å². The van der Waals surface area contributed by atoms with Gasteiger partial charge < -0.3 is 5.11 Å². The molecule has 0 aliphatic carbocycles. The predicted octanol–water partition coefficient (Wildman–Crippen LogP) is 5.23. The van der Waals surface area contributed by atoms with Gasteiger partial charge in [0, 0.05) is 17.0 Å². The average molecular weight is 316 g/mol. The number of benzene rings is 2. The van der Waals surface area contributed by atoms with Crippen molar-refractivity contribution in [2.45, 2.75) is 13.8 Å². The van der Waals surface area contributed by atoms with Gasteiger partial charge in [0.25, 0.3) is 0 Å². The zero-order chi connectivity index (χ0) is 16.7. The molecule has 0 unspecified atom stereocenters. The average Bonchev–Trinajstić information content (AvgIpc) is 2.88. The van der Waals surface area contributed by atoms with Crippen LogP contribution in [-0.4, -0.2) is 14.5 Å². The molecule has 2 aromatic carbocycles. The summed E-state index contributed by atoms with van der Waals surface area (Å²) in [6.07, 6.45) is 1.95. The Morgan fingerprint density at radius 1 is 0.958 bits per heavy atom. The van der Waals surface area contributed by atoms with Crippen LogP contribution in [0.5, 0.6) is 5.75 Å². The Labute approximate surface area is 138 Å². The molecule has 24 heavy (non-hydrogen) atoms. The molecule has 0 bridgehead atoms. The fraction of sp³-hybridized carbons (Fsp3) is 0.105. The van der Waals surface area contributed by atoms with Crippen LogP contribution >= 0.6 is 0 Å². The first kappa shape index (κ1) is 14.4. The van der Waals surface area contributed by atoms with E-state index in [1.165, 1.54) is 0 Å². The zero-order valence-electron chi connectivity index (χ0n) is 13.4. The van der Waals surface area contributed by atoms with Gasteiger partial charge in [-0.15, -0.1) is 10.2 Å². The van der Waals surface area contributed by atoms with Crippen LogP contribution in [0.4, 0.5) is 11.5 Å². The van der Waals surface area contributed by atoms with Crippen LogP contribution in [0.25, 0.3) is 16.4 Å². The van der Waals surface area contributed by atoms with Gasteiger partial charge in [0.1, 0.15) is 11.4 Å². The van der Waals surface area contributed by atoms with Gasteiger partial charge in [0.05, 0.1) is 11.4 Å². The molecule has 5 nitrogen and oxygen atoms in total. The fourth-order valence-electron chi connectivity index (χ4n) is 2.84. The monoisotopic (exact) mass is 316 g/mol. The topological polar surface area (TPSA) is 62.2 Å². The van der Waals surface area contributed by atoms with Crippen molar-refractivity contribution in [3.05, 3.63) is 66.0 Å². The van der Waals surface area contributed by atoms with Crippen LogP contribution < -0.4 is 0 Å². The Hall–Kier alpha value is -3.21. The minimum absolute atomic E-state index is 0.242. The molecular weight excluding hydrogens is 300 g/mol. The van der Waals surface area contributed by atoms with Crippen LogP contribution in [0.2, 0.25) is 0 Å². The number of phenols is 1. The number of fused-ring (bicyclic) bond motifs is 2. The largest absolute Gasteiger partial charge is 0.507 e. The van der Waals surface area contributed by atoms with Crippen molar-refractivity contribution in [2.75, 3.05) is 0 Å². The summed E-state index contributed by atoms with van der Waals surface area (Å²) >= 11 is 0. The number of aryl methyl sites for hydroxylation is 2. The molecule has 4 rings (SSSR count). The zero-order valence-corrected chi connectivity index (χ0v) is 13.4. The number of imidazole rings is 1. The highest BCUT2D eigenvalue weighted by Gasteiger charge is 2.09. The number of azo groups is 1. The summed E-state index contributed by atoms with van der Waals surface area (Å²) in [5, 5.41) is 20.4. The molecule has 0 atom stereocenters. The van der Waals surface area contributed by atoms with Gasteiger partial charge in [-0.25, -0.2) is 4.98 Å². The van der Waals surface area contributed by atoms with Crippen LogP contribution in [0.3, 0.4) is 0 Å². The third kappa shape index (κ3) is 2.31. The van der Waals surface area contributed by atoms with Gasteiger partial charge in [-0.1, -0.05) is 24.3 Å². The summed E-state index contributed by atoms with van der Waals surface area (Å²) in [6, 6.07) is 15.0. The molecule has 0 aliphatic heterocycles. The van der Waals surface area contributed by atoms with Crippen molar-refractivity contribution in [1.29, 1.82) is 0 Å². The van der Waals surface area contributed by atoms with Gasteiger partial charge in [-0.3, -0.25) is 4.40 Å². The summed E-state index contributed by atoms with van der Waals surface area (Å²) in [5.41, 5.74) is 3.55. The normalized spacial score (nSPS) is 11.8. The third-order valence-electron chi connectivity index (χ3n) is 4.05. The van der Waals surface area contributed by atoms with Crippen molar-refractivity contribution in [3.63, 3.8) is 0 Å². The van der Waals surface area contributed by atoms with Crippen LogP contribution in [0, 0.1) is 13.8 Å². The van der Waals surface area contributed by atoms with E-state index >= 15 is 0 Å². The van der Waals surface area contributed by atoms with Gasteiger partial charge in [0.15, 0.2) is 5.82 Å². The van der Waals surface area contributed by atoms with Crippen molar-refractivity contribution >= 4 is 27.9 Å². The van der Waals surface area contributed by atoms with Crippen LogP contribution in [0.15, 0.2) is 65.0 Å². The lowest BCUT2D eigenvalue weighted by atomic mass is 10.1. The van der Waals surface area contributed by atoms with Gasteiger partial charge in [-0.05, 0) is 43.7 Å². The first-order valence-electron chi connectivity index (χ1n) is 7.71. The molecule has 2 heterocycles. The second-order valence-electron chi connectivity index (χ2n) is 5.80. The minimum atomic E-state index is 0.242. The molecular formula is C19H16N4O. The molecule has 4 aromatic rings. The molecule has 118 valence electrons. The molecule has 0 radical (unpaired) electrons. The van der Waals surface area contributed by atoms with E-state index in [4.69, 9.17) is 0 Å². The summed E-state index contributed by atoms with van der Waals surface area (Å²) in [7, 11) is 0. The number of phenolic OH excluding ortho intramolecular Hbond substituents is 1. The molecule has 0 saturated carbocycles. The van der Waals surface area contributed by atoms with Gasteiger partial charge in [0.2, 0.25) is 0 Å². The maximum Gasteiger partial charge on any atom is 0.182 e. The molecule has 0 fully saturated rings. The van der Waals surface area contributed by atoms with E-state index in [-0.39, 0.29) is 5.75 Å². The summed E-state index contributed by atoms with van der Waals surface area (Å²) in [5.74, 6) is 0.952. The number of rotatable bonds is 2. The molecule has 2 aromatic heterocycles. The van der Waals surface area contributed by atoms with Crippen LogP contribution in [0.1, 0.15) is 11.3 Å². The molecule has 1 N–H and O–H groups in total. The third-order valence-corrected chi connectivity index (χ3v) is 4.05. The fourth-order valence-corrected chi connectivity index (χ4v) is 2.84. The highest BCUT2D eigenvalue weighted by atomic mass is 16.3. The molecule has 0 aliphatic rings. The lowest BCUT2D eigenvalue weighted by molar-refractivity contribution is 0.481. The molecule has 5 heteroatoms. The number of aromatic nitrogens is 2. The Morgan fingerprint density at radius 2 is 1.75 bits per heavy atom. The van der Waals surface area contributed by atoms with Crippen molar-refractivity contribution in [1.82, 2.24) is 9.38 Å². The first-order chi connectivity index (χ1) is 11.6. The van der Waals surface area contributed by atoms with E-state index in [0.29, 0.717) is 11.5 Å². The Bertz CT molecular complexity index is 1100. The maximum atomic E-state index is 9.97. The van der Waals surface area contributed by atoms with Crippen molar-refractivity contribution in [2.24, 2.45) is 10.2 Å². The van der Waals surface area contributed by atoms with Crippen LogP contribution in [-0.2, 0) is 0 Å². The maximum absolute atomic E-state index is 9.97. The Kier molecular flexibility index (Phi) is 3.27. The lowest BCUT2D eigenvalue weighted by Gasteiger charge is -2.03. The minimum Gasteiger partial charge on any atom is -0.507 e. The van der Waals surface area contributed by atoms with E-state index in [2.05, 4.69) is 15.2 Å². The SMILES string of the molecule is Cc1ccn2c(N=Nc3cccc4c(O)cccc34)c(C)nc2c1. The van der Waals surface area contributed by atoms with Crippen molar-refractivity contribution < 1.29 is 5.11 Å². The van der Waals surface area contributed by atoms with Crippen molar-refractivity contribution in [3.8, 4) is 5.75 Å². The Balaban J connectivity index is 1.84. The summed E-state index contributed by atoms with van der Waals surface area (Å²) < 4.78 is 1.93. The highest BCUT2D eigenvalue weighted by molar-refractivity contribution is 5.96. The second-order valence-corrected chi connectivity index (χ2v) is 5.80. The van der Waals surface area contributed by atoms with E-state index < -0.39 is 0 Å². The number of hydrogen-bond donors (Lipinski definition) is 1.